The zero-order valence-corrected chi connectivity index (χ0v) is 11.9. The summed E-state index contributed by atoms with van der Waals surface area (Å²) in [6, 6.07) is 3.93. The Morgan fingerprint density at radius 3 is 3.05 bits per heavy atom. The van der Waals surface area contributed by atoms with Crippen molar-refractivity contribution in [3.05, 3.63) is 23.4 Å². The number of rotatable bonds is 7. The van der Waals surface area contributed by atoms with E-state index < -0.39 is 0 Å². The lowest BCUT2D eigenvalue weighted by Crippen LogP contribution is -2.23. The summed E-state index contributed by atoms with van der Waals surface area (Å²) in [5.74, 6) is 1.42. The Morgan fingerprint density at radius 1 is 1.58 bits per heavy atom. The van der Waals surface area contributed by atoms with Gasteiger partial charge in [0.15, 0.2) is 0 Å². The largest absolute Gasteiger partial charge is 0.346 e. The van der Waals surface area contributed by atoms with Crippen LogP contribution < -0.4 is 0 Å². The Hall–Kier alpha value is -1.69. The topological polar surface area (TPSA) is 59.2 Å². The minimum absolute atomic E-state index is 0.148. The normalized spacial score (nSPS) is 12.3. The molecule has 0 radical (unpaired) electrons. The summed E-state index contributed by atoms with van der Waals surface area (Å²) in [5.41, 5.74) is 0. The average molecular weight is 279 g/mol. The Bertz CT molecular complexity index is 510. The van der Waals surface area contributed by atoms with Crippen LogP contribution in [0, 0.1) is 0 Å². The van der Waals surface area contributed by atoms with E-state index in [0.29, 0.717) is 18.3 Å². The smallest absolute Gasteiger partial charge is 0.229 e. The van der Waals surface area contributed by atoms with Crippen molar-refractivity contribution in [1.82, 2.24) is 15.0 Å². The first-order valence-corrected chi connectivity index (χ1v) is 7.19. The van der Waals surface area contributed by atoms with Crippen LogP contribution in [0.25, 0.3) is 10.7 Å². The fourth-order valence-electron chi connectivity index (χ4n) is 1.71. The third kappa shape index (κ3) is 3.41. The number of aromatic nitrogens is 2. The van der Waals surface area contributed by atoms with Gasteiger partial charge in [-0.2, -0.15) is 4.98 Å². The first-order valence-electron chi connectivity index (χ1n) is 6.31. The van der Waals surface area contributed by atoms with Gasteiger partial charge in [-0.05, 0) is 24.8 Å². The van der Waals surface area contributed by atoms with Crippen molar-refractivity contribution in [1.29, 1.82) is 0 Å². The molecule has 6 heteroatoms. The van der Waals surface area contributed by atoms with Crippen molar-refractivity contribution in [2.45, 2.75) is 26.2 Å². The summed E-state index contributed by atoms with van der Waals surface area (Å²) in [7, 11) is 0. The van der Waals surface area contributed by atoms with Crippen LogP contribution in [0.5, 0.6) is 0 Å². The first kappa shape index (κ1) is 13.7. The Balaban J connectivity index is 1.96. The Kier molecular flexibility index (Phi) is 4.68. The minimum atomic E-state index is 0.148. The Labute approximate surface area is 116 Å². The molecule has 0 aromatic carbocycles. The highest BCUT2D eigenvalue weighted by Gasteiger charge is 2.16. The van der Waals surface area contributed by atoms with Gasteiger partial charge in [-0.3, -0.25) is 4.79 Å². The number of carbonyl (C=O) groups is 1. The minimum Gasteiger partial charge on any atom is -0.346 e. The van der Waals surface area contributed by atoms with Crippen LogP contribution in [0.1, 0.15) is 32.1 Å². The quantitative estimate of drug-likeness (QED) is 0.731. The van der Waals surface area contributed by atoms with Gasteiger partial charge in [-0.15, -0.1) is 11.3 Å². The third-order valence-electron chi connectivity index (χ3n) is 3.01. The second-order valence-electron chi connectivity index (χ2n) is 4.36. The van der Waals surface area contributed by atoms with E-state index in [4.69, 9.17) is 4.52 Å². The van der Waals surface area contributed by atoms with Crippen molar-refractivity contribution < 1.29 is 9.32 Å². The van der Waals surface area contributed by atoms with Gasteiger partial charge in [0.25, 0.3) is 0 Å². The van der Waals surface area contributed by atoms with Crippen molar-refractivity contribution >= 4 is 17.7 Å². The molecule has 2 aromatic rings. The van der Waals surface area contributed by atoms with E-state index in [1.54, 1.807) is 16.2 Å². The van der Waals surface area contributed by atoms with Crippen LogP contribution in [-0.2, 0) is 4.79 Å². The summed E-state index contributed by atoms with van der Waals surface area (Å²) >= 11 is 1.59. The van der Waals surface area contributed by atoms with E-state index in [1.165, 1.54) is 0 Å². The molecule has 0 saturated carbocycles. The molecule has 0 N–H and O–H groups in total. The molecule has 2 rings (SSSR count). The fourth-order valence-corrected chi connectivity index (χ4v) is 2.36. The van der Waals surface area contributed by atoms with Gasteiger partial charge in [0.1, 0.15) is 0 Å². The van der Waals surface area contributed by atoms with Crippen molar-refractivity contribution in [2.24, 2.45) is 0 Å². The van der Waals surface area contributed by atoms with Crippen LogP contribution in [-0.4, -0.2) is 34.5 Å². The summed E-state index contributed by atoms with van der Waals surface area (Å²) < 4.78 is 5.29. The maximum atomic E-state index is 10.7. The van der Waals surface area contributed by atoms with Crippen LogP contribution >= 0.6 is 11.3 Å². The molecule has 5 nitrogen and oxygen atoms in total. The summed E-state index contributed by atoms with van der Waals surface area (Å²) in [4.78, 5) is 17.9. The van der Waals surface area contributed by atoms with E-state index >= 15 is 0 Å². The second-order valence-corrected chi connectivity index (χ2v) is 5.30. The molecule has 2 heterocycles. The lowest BCUT2D eigenvalue weighted by Gasteiger charge is -2.15. The van der Waals surface area contributed by atoms with E-state index in [1.807, 2.05) is 31.4 Å². The van der Waals surface area contributed by atoms with Gasteiger partial charge in [0.05, 0.1) is 4.88 Å². The molecule has 0 saturated heterocycles. The second kappa shape index (κ2) is 6.47. The lowest BCUT2D eigenvalue weighted by molar-refractivity contribution is -0.118. The molecular formula is C13H17N3O2S. The fraction of sp³-hybridized carbons (Fsp3) is 0.462. The highest BCUT2D eigenvalue weighted by molar-refractivity contribution is 7.13. The molecule has 1 amide bonds. The van der Waals surface area contributed by atoms with E-state index in [0.717, 1.165) is 24.3 Å². The predicted octanol–water partition coefficient (Wildman–Crippen LogP) is 2.77. The SMILES string of the molecule is CCN(C=O)CCC(C)c1nc(-c2cccs2)no1. The van der Waals surface area contributed by atoms with Crippen LogP contribution in [0.15, 0.2) is 22.0 Å². The molecule has 0 fully saturated rings. The van der Waals surface area contributed by atoms with Gasteiger partial charge in [0, 0.05) is 19.0 Å². The van der Waals surface area contributed by atoms with Gasteiger partial charge in [0.2, 0.25) is 18.1 Å². The number of thiophene rings is 1. The van der Waals surface area contributed by atoms with Crippen molar-refractivity contribution in [3.8, 4) is 10.7 Å². The molecule has 0 aliphatic carbocycles. The van der Waals surface area contributed by atoms with Gasteiger partial charge in [-0.1, -0.05) is 18.1 Å². The molecule has 19 heavy (non-hydrogen) atoms. The maximum Gasteiger partial charge on any atom is 0.229 e. The maximum absolute atomic E-state index is 10.7. The number of hydrogen-bond acceptors (Lipinski definition) is 5. The lowest BCUT2D eigenvalue weighted by atomic mass is 10.1. The van der Waals surface area contributed by atoms with E-state index in [9.17, 15) is 4.79 Å². The zero-order valence-electron chi connectivity index (χ0n) is 11.1. The van der Waals surface area contributed by atoms with Crippen LogP contribution in [0.2, 0.25) is 0 Å². The number of nitrogens with zero attached hydrogens (tertiary/aromatic N) is 3. The van der Waals surface area contributed by atoms with E-state index in [-0.39, 0.29) is 5.92 Å². The molecule has 0 aliphatic heterocycles. The standard InChI is InChI=1S/C13H17N3O2S/c1-3-16(9-17)7-6-10(2)13-14-12(15-18-13)11-5-4-8-19-11/h4-5,8-10H,3,6-7H2,1-2H3. The highest BCUT2D eigenvalue weighted by atomic mass is 32.1. The molecule has 1 atom stereocenters. The predicted molar refractivity (Wildman–Crippen MR) is 74.0 cm³/mol. The first-order chi connectivity index (χ1) is 9.24. The highest BCUT2D eigenvalue weighted by Crippen LogP contribution is 2.24. The van der Waals surface area contributed by atoms with Crippen LogP contribution in [0.4, 0.5) is 0 Å². The summed E-state index contributed by atoms with van der Waals surface area (Å²) in [6.45, 7) is 5.42. The van der Waals surface area contributed by atoms with Gasteiger partial charge >= 0.3 is 0 Å². The number of hydrogen-bond donors (Lipinski definition) is 0. The molecule has 0 bridgehead atoms. The Morgan fingerprint density at radius 2 is 2.42 bits per heavy atom. The van der Waals surface area contributed by atoms with Crippen molar-refractivity contribution in [2.75, 3.05) is 13.1 Å². The van der Waals surface area contributed by atoms with Gasteiger partial charge < -0.3 is 9.42 Å². The molecule has 2 aromatic heterocycles. The molecule has 0 spiro atoms. The average Bonchev–Trinajstić information content (AvgIpc) is 3.10. The summed E-state index contributed by atoms with van der Waals surface area (Å²) in [6.07, 6.45) is 1.69. The van der Waals surface area contributed by atoms with E-state index in [2.05, 4.69) is 10.1 Å². The van der Waals surface area contributed by atoms with Gasteiger partial charge in [-0.25, -0.2) is 0 Å². The number of amides is 1. The molecule has 0 aliphatic rings. The third-order valence-corrected chi connectivity index (χ3v) is 3.88. The molecule has 102 valence electrons. The monoisotopic (exact) mass is 279 g/mol. The molecule has 1 unspecified atom stereocenters. The van der Waals surface area contributed by atoms with Crippen molar-refractivity contribution in [3.63, 3.8) is 0 Å². The summed E-state index contributed by atoms with van der Waals surface area (Å²) in [5, 5.41) is 5.97. The number of carbonyl (C=O) groups excluding carboxylic acids is 1. The van der Waals surface area contributed by atoms with Crippen LogP contribution in [0.3, 0.4) is 0 Å². The zero-order chi connectivity index (χ0) is 13.7. The molecular weight excluding hydrogens is 262 g/mol.